The summed E-state index contributed by atoms with van der Waals surface area (Å²) >= 11 is 0. The molecule has 1 heterocycles. The molecular formula is C18H17N3O3. The van der Waals surface area contributed by atoms with Crippen LogP contribution in [0, 0.1) is 0 Å². The van der Waals surface area contributed by atoms with Crippen molar-refractivity contribution in [1.82, 2.24) is 0 Å². The van der Waals surface area contributed by atoms with Crippen LogP contribution in [-0.4, -0.2) is 19.1 Å². The maximum atomic E-state index is 12.1. The van der Waals surface area contributed by atoms with Gasteiger partial charge in [-0.2, -0.15) is 0 Å². The quantitative estimate of drug-likeness (QED) is 0.754. The third-order valence-corrected chi connectivity index (χ3v) is 3.62. The van der Waals surface area contributed by atoms with Gasteiger partial charge in [0, 0.05) is 29.2 Å². The average molecular weight is 323 g/mol. The van der Waals surface area contributed by atoms with Crippen LogP contribution in [0.2, 0.25) is 0 Å². The second kappa shape index (κ2) is 6.45. The van der Waals surface area contributed by atoms with Gasteiger partial charge in [0.15, 0.2) is 0 Å². The lowest BCUT2D eigenvalue weighted by molar-refractivity contribution is 0.0600. The van der Waals surface area contributed by atoms with Crippen molar-refractivity contribution >= 4 is 29.1 Å². The van der Waals surface area contributed by atoms with E-state index in [4.69, 9.17) is 0 Å². The first-order valence-electron chi connectivity index (χ1n) is 7.39. The lowest BCUT2D eigenvalue weighted by Gasteiger charge is -2.09. The minimum absolute atomic E-state index is 0.373. The number of rotatable bonds is 3. The van der Waals surface area contributed by atoms with Gasteiger partial charge in [-0.05, 0) is 42.0 Å². The molecule has 6 nitrogen and oxygen atoms in total. The standard InChI is InChI=1S/C18H17N3O3/c1-11-8-13-10-15(6-7-16(13)19-11)21-18(23)20-14-5-3-4-12(9-14)17(22)24-2/h3-7,9-10,19H,1,8H2,2H3,(H2,20,21,23). The van der Waals surface area contributed by atoms with E-state index in [1.165, 1.54) is 7.11 Å². The molecule has 0 fully saturated rings. The van der Waals surface area contributed by atoms with E-state index in [0.29, 0.717) is 16.9 Å². The largest absolute Gasteiger partial charge is 0.465 e. The highest BCUT2D eigenvalue weighted by Crippen LogP contribution is 2.29. The Balaban J connectivity index is 1.67. The number of carbonyl (C=O) groups excluding carboxylic acids is 2. The Hall–Kier alpha value is -3.28. The predicted molar refractivity (Wildman–Crippen MR) is 93.3 cm³/mol. The molecule has 0 aliphatic carbocycles. The van der Waals surface area contributed by atoms with E-state index in [2.05, 4.69) is 27.3 Å². The Kier molecular flexibility index (Phi) is 4.20. The highest BCUT2D eigenvalue weighted by Gasteiger charge is 2.14. The molecule has 2 aromatic carbocycles. The summed E-state index contributed by atoms with van der Waals surface area (Å²) in [5.74, 6) is -0.453. The number of carbonyl (C=O) groups is 2. The van der Waals surface area contributed by atoms with Crippen LogP contribution in [0.5, 0.6) is 0 Å². The van der Waals surface area contributed by atoms with Crippen molar-refractivity contribution in [3.05, 3.63) is 65.9 Å². The van der Waals surface area contributed by atoms with Crippen LogP contribution < -0.4 is 16.0 Å². The van der Waals surface area contributed by atoms with Gasteiger partial charge < -0.3 is 20.7 Å². The zero-order valence-corrected chi connectivity index (χ0v) is 13.2. The Labute approximate surface area is 139 Å². The number of hydrogen-bond acceptors (Lipinski definition) is 4. The highest BCUT2D eigenvalue weighted by atomic mass is 16.5. The fourth-order valence-corrected chi connectivity index (χ4v) is 2.54. The maximum Gasteiger partial charge on any atom is 0.337 e. The molecular weight excluding hydrogens is 306 g/mol. The van der Waals surface area contributed by atoms with E-state index < -0.39 is 5.97 Å². The predicted octanol–water partition coefficient (Wildman–Crippen LogP) is 3.60. The van der Waals surface area contributed by atoms with Gasteiger partial charge >= 0.3 is 12.0 Å². The number of anilines is 3. The number of ether oxygens (including phenoxy) is 1. The SMILES string of the molecule is C=C1Cc2cc(NC(=O)Nc3cccc(C(=O)OC)c3)ccc2N1. The molecule has 3 N–H and O–H groups in total. The molecule has 0 radical (unpaired) electrons. The third kappa shape index (κ3) is 3.38. The number of hydrogen-bond donors (Lipinski definition) is 3. The minimum Gasteiger partial charge on any atom is -0.465 e. The van der Waals surface area contributed by atoms with Crippen LogP contribution in [0.4, 0.5) is 21.9 Å². The highest BCUT2D eigenvalue weighted by molar-refractivity contribution is 6.01. The molecule has 0 bridgehead atoms. The summed E-state index contributed by atoms with van der Waals surface area (Å²) in [7, 11) is 1.31. The van der Waals surface area contributed by atoms with E-state index in [9.17, 15) is 9.59 Å². The number of allylic oxidation sites excluding steroid dienone is 1. The zero-order valence-electron chi connectivity index (χ0n) is 13.2. The lowest BCUT2D eigenvalue weighted by Crippen LogP contribution is -2.19. The number of urea groups is 1. The number of methoxy groups -OCH3 is 1. The topological polar surface area (TPSA) is 79.5 Å². The molecule has 0 aromatic heterocycles. The number of benzene rings is 2. The van der Waals surface area contributed by atoms with Crippen LogP contribution in [0.3, 0.4) is 0 Å². The average Bonchev–Trinajstić information content (AvgIpc) is 2.93. The number of fused-ring (bicyclic) bond motifs is 1. The molecule has 1 aliphatic heterocycles. The molecule has 0 saturated heterocycles. The Morgan fingerprint density at radius 1 is 1.12 bits per heavy atom. The van der Waals surface area contributed by atoms with Crippen molar-refractivity contribution in [1.29, 1.82) is 0 Å². The molecule has 2 amide bonds. The van der Waals surface area contributed by atoms with Crippen LogP contribution in [0.1, 0.15) is 15.9 Å². The molecule has 0 unspecified atom stereocenters. The van der Waals surface area contributed by atoms with Gasteiger partial charge in [-0.3, -0.25) is 0 Å². The summed E-state index contributed by atoms with van der Waals surface area (Å²) < 4.78 is 4.66. The number of nitrogens with one attached hydrogen (secondary N) is 3. The van der Waals surface area contributed by atoms with Gasteiger partial charge in [-0.1, -0.05) is 12.6 Å². The Bertz CT molecular complexity index is 830. The van der Waals surface area contributed by atoms with E-state index >= 15 is 0 Å². The van der Waals surface area contributed by atoms with E-state index in [0.717, 1.165) is 23.4 Å². The summed E-state index contributed by atoms with van der Waals surface area (Å²) in [6, 6.07) is 11.8. The number of amides is 2. The van der Waals surface area contributed by atoms with Crippen LogP contribution >= 0.6 is 0 Å². The molecule has 2 aromatic rings. The van der Waals surface area contributed by atoms with Crippen molar-refractivity contribution in [2.45, 2.75) is 6.42 Å². The molecule has 0 spiro atoms. The Morgan fingerprint density at radius 2 is 1.88 bits per heavy atom. The van der Waals surface area contributed by atoms with Gasteiger partial charge in [0.2, 0.25) is 0 Å². The van der Waals surface area contributed by atoms with Gasteiger partial charge in [0.1, 0.15) is 0 Å². The summed E-state index contributed by atoms with van der Waals surface area (Å²) in [6.07, 6.45) is 0.744. The van der Waals surface area contributed by atoms with Crippen molar-refractivity contribution in [2.24, 2.45) is 0 Å². The lowest BCUT2D eigenvalue weighted by atomic mass is 10.1. The summed E-state index contributed by atoms with van der Waals surface area (Å²) in [4.78, 5) is 23.6. The van der Waals surface area contributed by atoms with Crippen LogP contribution in [0.15, 0.2) is 54.7 Å². The molecule has 1 aliphatic rings. The van der Waals surface area contributed by atoms with Crippen molar-refractivity contribution in [3.63, 3.8) is 0 Å². The first-order valence-corrected chi connectivity index (χ1v) is 7.39. The van der Waals surface area contributed by atoms with E-state index in [1.54, 1.807) is 24.3 Å². The fourth-order valence-electron chi connectivity index (χ4n) is 2.54. The monoisotopic (exact) mass is 323 g/mol. The first-order chi connectivity index (χ1) is 11.5. The van der Waals surface area contributed by atoms with E-state index in [-0.39, 0.29) is 6.03 Å². The van der Waals surface area contributed by atoms with Crippen molar-refractivity contribution < 1.29 is 14.3 Å². The fraction of sp³-hybridized carbons (Fsp3) is 0.111. The molecule has 6 heteroatoms. The van der Waals surface area contributed by atoms with E-state index in [1.807, 2.05) is 18.2 Å². The molecule has 24 heavy (non-hydrogen) atoms. The normalized spacial score (nSPS) is 12.1. The molecule has 0 saturated carbocycles. The van der Waals surface area contributed by atoms with Gasteiger partial charge in [0.25, 0.3) is 0 Å². The molecule has 122 valence electrons. The zero-order chi connectivity index (χ0) is 17.1. The van der Waals surface area contributed by atoms with Crippen LogP contribution in [-0.2, 0) is 11.2 Å². The second-order valence-electron chi connectivity index (χ2n) is 5.43. The maximum absolute atomic E-state index is 12.1. The Morgan fingerprint density at radius 3 is 2.62 bits per heavy atom. The van der Waals surface area contributed by atoms with Gasteiger partial charge in [-0.25, -0.2) is 9.59 Å². The van der Waals surface area contributed by atoms with Crippen molar-refractivity contribution in [2.75, 3.05) is 23.1 Å². The minimum atomic E-state index is -0.453. The summed E-state index contributed by atoms with van der Waals surface area (Å²) in [5.41, 5.74) is 4.60. The number of esters is 1. The molecule has 0 atom stereocenters. The van der Waals surface area contributed by atoms with Crippen LogP contribution in [0.25, 0.3) is 0 Å². The van der Waals surface area contributed by atoms with Gasteiger partial charge in [0.05, 0.1) is 12.7 Å². The third-order valence-electron chi connectivity index (χ3n) is 3.62. The van der Waals surface area contributed by atoms with Crippen molar-refractivity contribution in [3.8, 4) is 0 Å². The first kappa shape index (κ1) is 15.6. The summed E-state index contributed by atoms with van der Waals surface area (Å²) in [6.45, 7) is 3.90. The summed E-state index contributed by atoms with van der Waals surface area (Å²) in [5, 5.41) is 8.64. The second-order valence-corrected chi connectivity index (χ2v) is 5.43. The molecule has 3 rings (SSSR count). The van der Waals surface area contributed by atoms with Gasteiger partial charge in [-0.15, -0.1) is 0 Å². The smallest absolute Gasteiger partial charge is 0.337 e.